The van der Waals surface area contributed by atoms with E-state index in [9.17, 15) is 14.0 Å². The van der Waals surface area contributed by atoms with Crippen LogP contribution in [0.15, 0.2) is 47.8 Å². The maximum atomic E-state index is 14.0. The zero-order valence-electron chi connectivity index (χ0n) is 15.1. The fourth-order valence-electron chi connectivity index (χ4n) is 3.41. The number of halogens is 1. The number of hydrogen-bond donors (Lipinski definition) is 0. The van der Waals surface area contributed by atoms with E-state index in [1.807, 2.05) is 6.07 Å². The molecule has 0 atom stereocenters. The molecule has 1 aromatic heterocycles. The molecule has 2 heterocycles. The lowest BCUT2D eigenvalue weighted by Gasteiger charge is -2.30. The maximum absolute atomic E-state index is 14.0. The van der Waals surface area contributed by atoms with Crippen LogP contribution >= 0.6 is 11.3 Å². The largest absolute Gasteiger partial charge is 0.465 e. The number of fused-ring (bicyclic) bond motifs is 1. The first kappa shape index (κ1) is 18.3. The third kappa shape index (κ3) is 3.18. The van der Waals surface area contributed by atoms with E-state index in [0.29, 0.717) is 34.8 Å². The zero-order chi connectivity index (χ0) is 19.7. The van der Waals surface area contributed by atoms with E-state index in [-0.39, 0.29) is 17.4 Å². The van der Waals surface area contributed by atoms with Crippen LogP contribution in [0.5, 0.6) is 0 Å². The predicted octanol–water partition coefficient (Wildman–Crippen LogP) is 4.33. The molecule has 4 rings (SSSR count). The molecule has 3 aromatic rings. The number of hydrogen-bond acceptors (Lipinski definition) is 5. The SMILES string of the molecule is COC(=O)c1cccc2c1CCCN2C(=O)c1csc(-c2ccccc2F)n1. The lowest BCUT2D eigenvalue weighted by atomic mass is 9.96. The molecule has 7 heteroatoms. The molecule has 0 saturated heterocycles. The molecule has 142 valence electrons. The third-order valence-corrected chi connectivity index (χ3v) is 5.60. The van der Waals surface area contributed by atoms with Gasteiger partial charge in [0.2, 0.25) is 0 Å². The van der Waals surface area contributed by atoms with Gasteiger partial charge < -0.3 is 9.64 Å². The fraction of sp³-hybridized carbons (Fsp3) is 0.190. The average Bonchev–Trinajstić information content (AvgIpc) is 3.22. The second-order valence-electron chi connectivity index (χ2n) is 6.37. The maximum Gasteiger partial charge on any atom is 0.338 e. The van der Waals surface area contributed by atoms with Crippen molar-refractivity contribution in [1.29, 1.82) is 0 Å². The Morgan fingerprint density at radius 1 is 1.18 bits per heavy atom. The number of rotatable bonds is 3. The highest BCUT2D eigenvalue weighted by Gasteiger charge is 2.28. The Kier molecular flexibility index (Phi) is 4.92. The van der Waals surface area contributed by atoms with Crippen molar-refractivity contribution in [1.82, 2.24) is 4.98 Å². The highest BCUT2D eigenvalue weighted by atomic mass is 32.1. The van der Waals surface area contributed by atoms with Crippen LogP contribution in [0.25, 0.3) is 10.6 Å². The molecule has 28 heavy (non-hydrogen) atoms. The summed E-state index contributed by atoms with van der Waals surface area (Å²) in [5, 5.41) is 2.10. The van der Waals surface area contributed by atoms with Crippen LogP contribution in [0.1, 0.15) is 32.8 Å². The van der Waals surface area contributed by atoms with E-state index in [1.54, 1.807) is 40.6 Å². The Morgan fingerprint density at radius 2 is 2.00 bits per heavy atom. The van der Waals surface area contributed by atoms with E-state index in [2.05, 4.69) is 4.98 Å². The van der Waals surface area contributed by atoms with E-state index in [4.69, 9.17) is 4.74 Å². The van der Waals surface area contributed by atoms with Gasteiger partial charge in [-0.1, -0.05) is 18.2 Å². The van der Waals surface area contributed by atoms with E-state index >= 15 is 0 Å². The third-order valence-electron chi connectivity index (χ3n) is 4.73. The normalized spacial score (nSPS) is 13.1. The molecular formula is C21H17FN2O3S. The van der Waals surface area contributed by atoms with Crippen molar-refractivity contribution in [2.24, 2.45) is 0 Å². The molecule has 0 bridgehead atoms. The van der Waals surface area contributed by atoms with Gasteiger partial charge in [-0.25, -0.2) is 14.2 Å². The van der Waals surface area contributed by atoms with Gasteiger partial charge in [0, 0.05) is 23.2 Å². The number of thiazole rings is 1. The smallest absolute Gasteiger partial charge is 0.338 e. The van der Waals surface area contributed by atoms with Crippen molar-refractivity contribution in [3.63, 3.8) is 0 Å². The van der Waals surface area contributed by atoms with Gasteiger partial charge >= 0.3 is 5.97 Å². The molecular weight excluding hydrogens is 379 g/mol. The van der Waals surface area contributed by atoms with Gasteiger partial charge in [0.25, 0.3) is 5.91 Å². The van der Waals surface area contributed by atoms with Crippen LogP contribution in [0.2, 0.25) is 0 Å². The molecule has 0 spiro atoms. The fourth-order valence-corrected chi connectivity index (χ4v) is 4.23. The second-order valence-corrected chi connectivity index (χ2v) is 7.23. The summed E-state index contributed by atoms with van der Waals surface area (Å²) < 4.78 is 18.9. The van der Waals surface area contributed by atoms with Crippen LogP contribution in [-0.4, -0.2) is 30.5 Å². The molecule has 0 saturated carbocycles. The lowest BCUT2D eigenvalue weighted by molar-refractivity contribution is 0.0599. The summed E-state index contributed by atoms with van der Waals surface area (Å²) in [5.74, 6) is -1.05. The Bertz CT molecular complexity index is 1060. The zero-order valence-corrected chi connectivity index (χ0v) is 16.0. The highest BCUT2D eigenvalue weighted by Crippen LogP contribution is 2.32. The molecule has 0 aliphatic carbocycles. The number of carbonyl (C=O) groups excluding carboxylic acids is 2. The molecule has 0 unspecified atom stereocenters. The summed E-state index contributed by atoms with van der Waals surface area (Å²) >= 11 is 1.23. The summed E-state index contributed by atoms with van der Waals surface area (Å²) in [5.41, 5.74) is 2.61. The number of aromatic nitrogens is 1. The quantitative estimate of drug-likeness (QED) is 0.619. The molecule has 1 amide bonds. The van der Waals surface area contributed by atoms with Crippen LogP contribution in [0, 0.1) is 5.82 Å². The van der Waals surface area contributed by atoms with Gasteiger partial charge in [0.1, 0.15) is 16.5 Å². The summed E-state index contributed by atoms with van der Waals surface area (Å²) in [6.45, 7) is 0.531. The van der Waals surface area contributed by atoms with Crippen molar-refractivity contribution < 1.29 is 18.7 Å². The molecule has 0 radical (unpaired) electrons. The number of ether oxygens (including phenoxy) is 1. The monoisotopic (exact) mass is 396 g/mol. The minimum Gasteiger partial charge on any atom is -0.465 e. The summed E-state index contributed by atoms with van der Waals surface area (Å²) in [7, 11) is 1.34. The van der Waals surface area contributed by atoms with Crippen LogP contribution in [0.3, 0.4) is 0 Å². The Balaban J connectivity index is 1.68. The van der Waals surface area contributed by atoms with Gasteiger partial charge in [-0.05, 0) is 42.7 Å². The van der Waals surface area contributed by atoms with Gasteiger partial charge in [0.05, 0.1) is 12.7 Å². The van der Waals surface area contributed by atoms with Crippen molar-refractivity contribution in [3.05, 3.63) is 70.5 Å². The number of benzene rings is 2. The molecule has 2 aromatic carbocycles. The summed E-state index contributed by atoms with van der Waals surface area (Å²) in [6, 6.07) is 11.6. The van der Waals surface area contributed by atoms with Crippen molar-refractivity contribution >= 4 is 28.9 Å². The van der Waals surface area contributed by atoms with Crippen molar-refractivity contribution in [3.8, 4) is 10.6 Å². The minimum atomic E-state index is -0.415. The predicted molar refractivity (Wildman–Crippen MR) is 105 cm³/mol. The number of amides is 1. The van der Waals surface area contributed by atoms with Gasteiger partial charge in [-0.15, -0.1) is 11.3 Å². The number of methoxy groups -OCH3 is 1. The lowest BCUT2D eigenvalue weighted by Crippen LogP contribution is -2.36. The van der Waals surface area contributed by atoms with E-state index in [1.165, 1.54) is 24.5 Å². The molecule has 1 aliphatic rings. The number of carbonyl (C=O) groups is 2. The van der Waals surface area contributed by atoms with E-state index < -0.39 is 5.97 Å². The summed E-state index contributed by atoms with van der Waals surface area (Å²) in [4.78, 5) is 31.1. The average molecular weight is 396 g/mol. The van der Waals surface area contributed by atoms with Crippen LogP contribution in [-0.2, 0) is 11.2 Å². The first-order valence-corrected chi connectivity index (χ1v) is 9.70. The van der Waals surface area contributed by atoms with Gasteiger partial charge in [-0.2, -0.15) is 0 Å². The minimum absolute atomic E-state index is 0.262. The second kappa shape index (κ2) is 7.52. The topological polar surface area (TPSA) is 59.5 Å². The van der Waals surface area contributed by atoms with Crippen LogP contribution in [0.4, 0.5) is 10.1 Å². The van der Waals surface area contributed by atoms with Crippen molar-refractivity contribution in [2.75, 3.05) is 18.6 Å². The Morgan fingerprint density at radius 3 is 2.79 bits per heavy atom. The standard InChI is InChI=1S/C21H17FN2O3S/c1-27-21(26)14-7-4-10-18-13(14)8-5-11-24(18)20(25)17-12-28-19(23-17)15-6-2-3-9-16(15)22/h2-4,6-7,9-10,12H,5,8,11H2,1H3. The van der Waals surface area contributed by atoms with Gasteiger partial charge in [-0.3, -0.25) is 4.79 Å². The summed E-state index contributed by atoms with van der Waals surface area (Å²) in [6.07, 6.45) is 1.43. The first-order chi connectivity index (χ1) is 13.6. The van der Waals surface area contributed by atoms with Gasteiger partial charge in [0.15, 0.2) is 0 Å². The molecule has 0 fully saturated rings. The highest BCUT2D eigenvalue weighted by molar-refractivity contribution is 7.13. The molecule has 5 nitrogen and oxygen atoms in total. The number of nitrogens with zero attached hydrogens (tertiary/aromatic N) is 2. The molecule has 0 N–H and O–H groups in total. The van der Waals surface area contributed by atoms with Crippen molar-refractivity contribution in [2.45, 2.75) is 12.8 Å². The molecule has 1 aliphatic heterocycles. The number of esters is 1. The number of anilines is 1. The first-order valence-electron chi connectivity index (χ1n) is 8.82. The Labute approximate surface area is 165 Å². The Hall–Kier alpha value is -3.06. The van der Waals surface area contributed by atoms with E-state index in [0.717, 1.165) is 12.0 Å². The van der Waals surface area contributed by atoms with Crippen LogP contribution < -0.4 is 4.90 Å².